The predicted molar refractivity (Wildman–Crippen MR) is 113 cm³/mol. The molecule has 29 heavy (non-hydrogen) atoms. The number of benzene rings is 1. The molecule has 1 aromatic carbocycles. The highest BCUT2D eigenvalue weighted by atomic mass is 16.2. The van der Waals surface area contributed by atoms with E-state index in [-0.39, 0.29) is 29.8 Å². The number of amides is 3. The molecule has 7 heteroatoms. The van der Waals surface area contributed by atoms with Gasteiger partial charge < -0.3 is 20.0 Å². The Labute approximate surface area is 174 Å². The van der Waals surface area contributed by atoms with E-state index in [9.17, 15) is 14.4 Å². The SMILES string of the molecule is Cc1ccc(C)c(C(=O)N(C)CC(=O)N2CC[NH+](CC(=O)NC(C)(C)C)CC2)c1. The molecule has 1 aliphatic heterocycles. The molecule has 7 nitrogen and oxygen atoms in total. The summed E-state index contributed by atoms with van der Waals surface area (Å²) in [6.45, 7) is 12.9. The minimum absolute atomic E-state index is 0.0335. The van der Waals surface area contributed by atoms with Crippen LogP contribution in [-0.4, -0.2) is 79.4 Å². The summed E-state index contributed by atoms with van der Waals surface area (Å²) in [6, 6.07) is 5.76. The van der Waals surface area contributed by atoms with Gasteiger partial charge >= 0.3 is 0 Å². The fraction of sp³-hybridized carbons (Fsp3) is 0.591. The van der Waals surface area contributed by atoms with Crippen LogP contribution in [0.3, 0.4) is 0 Å². The normalized spacial score (nSPS) is 15.2. The van der Waals surface area contributed by atoms with Crippen LogP contribution in [0, 0.1) is 13.8 Å². The first-order valence-electron chi connectivity index (χ1n) is 10.2. The number of nitrogens with one attached hydrogen (secondary N) is 2. The Morgan fingerprint density at radius 1 is 1.14 bits per heavy atom. The number of nitrogens with zero attached hydrogens (tertiary/aromatic N) is 2. The van der Waals surface area contributed by atoms with Gasteiger partial charge in [0.1, 0.15) is 0 Å². The van der Waals surface area contributed by atoms with Gasteiger partial charge in [-0.25, -0.2) is 0 Å². The zero-order chi connectivity index (χ0) is 21.8. The maximum atomic E-state index is 12.7. The number of quaternary nitrogens is 1. The maximum Gasteiger partial charge on any atom is 0.275 e. The van der Waals surface area contributed by atoms with Crippen molar-refractivity contribution in [3.63, 3.8) is 0 Å². The largest absolute Gasteiger partial charge is 0.347 e. The Morgan fingerprint density at radius 2 is 1.76 bits per heavy atom. The molecule has 0 atom stereocenters. The highest BCUT2D eigenvalue weighted by Gasteiger charge is 2.27. The van der Waals surface area contributed by atoms with E-state index in [1.165, 1.54) is 9.80 Å². The second-order valence-electron chi connectivity index (χ2n) is 9.09. The maximum absolute atomic E-state index is 12.7. The van der Waals surface area contributed by atoms with Crippen LogP contribution in [-0.2, 0) is 9.59 Å². The molecule has 2 N–H and O–H groups in total. The lowest BCUT2D eigenvalue weighted by molar-refractivity contribution is -0.896. The third kappa shape index (κ3) is 6.85. The van der Waals surface area contributed by atoms with Gasteiger partial charge in [0.25, 0.3) is 11.8 Å². The molecule has 0 aromatic heterocycles. The fourth-order valence-corrected chi connectivity index (χ4v) is 3.49. The second-order valence-corrected chi connectivity index (χ2v) is 9.09. The Hall–Kier alpha value is -2.41. The van der Waals surface area contributed by atoms with Gasteiger partial charge in [-0.3, -0.25) is 14.4 Å². The van der Waals surface area contributed by atoms with Gasteiger partial charge in [0.05, 0.1) is 32.7 Å². The Bertz CT molecular complexity index is 762. The van der Waals surface area contributed by atoms with E-state index in [4.69, 9.17) is 0 Å². The Kier molecular flexibility index (Phi) is 7.41. The van der Waals surface area contributed by atoms with E-state index >= 15 is 0 Å². The Balaban J connectivity index is 1.84. The molecule has 1 aromatic rings. The first-order valence-corrected chi connectivity index (χ1v) is 10.2. The van der Waals surface area contributed by atoms with Crippen LogP contribution in [0.2, 0.25) is 0 Å². The lowest BCUT2D eigenvalue weighted by Crippen LogP contribution is -3.16. The molecule has 0 unspecified atom stereocenters. The van der Waals surface area contributed by atoms with Crippen LogP contribution in [0.1, 0.15) is 42.3 Å². The second kappa shape index (κ2) is 9.39. The first-order chi connectivity index (χ1) is 13.5. The third-order valence-corrected chi connectivity index (χ3v) is 5.09. The molecule has 0 bridgehead atoms. The highest BCUT2D eigenvalue weighted by Crippen LogP contribution is 2.13. The number of carbonyl (C=O) groups excluding carboxylic acids is 3. The Morgan fingerprint density at radius 3 is 2.34 bits per heavy atom. The van der Waals surface area contributed by atoms with Crippen molar-refractivity contribution < 1.29 is 19.3 Å². The van der Waals surface area contributed by atoms with Gasteiger partial charge in [0.15, 0.2) is 6.54 Å². The standard InChI is InChI=1S/C22H34N4O3/c1-16-7-8-17(2)18(13-16)21(29)24(6)15-20(28)26-11-9-25(10-12-26)14-19(27)23-22(3,4)5/h7-8,13H,9-12,14-15H2,1-6H3,(H,23,27)/p+1. The predicted octanol–water partition coefficient (Wildman–Crippen LogP) is 0.0172. The van der Waals surface area contributed by atoms with Crippen molar-refractivity contribution in [2.75, 3.05) is 46.3 Å². The van der Waals surface area contributed by atoms with E-state index in [2.05, 4.69) is 5.32 Å². The molecule has 0 saturated carbocycles. The highest BCUT2D eigenvalue weighted by molar-refractivity contribution is 5.97. The number of hydrogen-bond acceptors (Lipinski definition) is 3. The molecule has 2 rings (SSSR count). The number of rotatable bonds is 5. The summed E-state index contributed by atoms with van der Waals surface area (Å²) in [4.78, 5) is 41.9. The van der Waals surface area contributed by atoms with E-state index in [0.717, 1.165) is 24.2 Å². The number of piperazine rings is 1. The van der Waals surface area contributed by atoms with Gasteiger partial charge in [-0.2, -0.15) is 0 Å². The number of likely N-dealkylation sites (N-methyl/N-ethyl adjacent to an activating group) is 1. The summed E-state index contributed by atoms with van der Waals surface area (Å²) < 4.78 is 0. The minimum atomic E-state index is -0.235. The zero-order valence-electron chi connectivity index (χ0n) is 18.6. The molecule has 3 amide bonds. The molecular formula is C22H35N4O3+. The molecule has 1 aliphatic rings. The van der Waals surface area contributed by atoms with E-state index in [1.807, 2.05) is 52.8 Å². The molecule has 1 saturated heterocycles. The molecule has 0 aliphatic carbocycles. The zero-order valence-corrected chi connectivity index (χ0v) is 18.6. The van der Waals surface area contributed by atoms with Gasteiger partial charge in [-0.15, -0.1) is 0 Å². The van der Waals surface area contributed by atoms with Crippen molar-refractivity contribution in [3.8, 4) is 0 Å². The monoisotopic (exact) mass is 403 g/mol. The number of carbonyl (C=O) groups is 3. The average Bonchev–Trinajstić information content (AvgIpc) is 2.62. The molecule has 0 radical (unpaired) electrons. The topological polar surface area (TPSA) is 74.2 Å². The van der Waals surface area contributed by atoms with Crippen molar-refractivity contribution in [3.05, 3.63) is 34.9 Å². The molecular weight excluding hydrogens is 368 g/mol. The first kappa shape index (κ1) is 22.9. The molecule has 160 valence electrons. The number of aryl methyl sites for hydroxylation is 2. The van der Waals surface area contributed by atoms with E-state index < -0.39 is 0 Å². The quantitative estimate of drug-likeness (QED) is 0.728. The lowest BCUT2D eigenvalue weighted by atomic mass is 10.0. The average molecular weight is 404 g/mol. The van der Waals surface area contributed by atoms with Crippen molar-refractivity contribution in [2.24, 2.45) is 0 Å². The van der Waals surface area contributed by atoms with Gasteiger partial charge in [-0.1, -0.05) is 17.7 Å². The summed E-state index contributed by atoms with van der Waals surface area (Å²) in [5.41, 5.74) is 2.33. The van der Waals surface area contributed by atoms with Crippen LogP contribution < -0.4 is 10.2 Å². The van der Waals surface area contributed by atoms with Gasteiger partial charge in [0.2, 0.25) is 5.91 Å². The number of hydrogen-bond donors (Lipinski definition) is 2. The summed E-state index contributed by atoms with van der Waals surface area (Å²) in [5.74, 6) is -0.154. The van der Waals surface area contributed by atoms with Crippen molar-refractivity contribution in [1.82, 2.24) is 15.1 Å². The molecule has 0 spiro atoms. The lowest BCUT2D eigenvalue weighted by Gasteiger charge is -2.33. The summed E-state index contributed by atoms with van der Waals surface area (Å²) in [7, 11) is 1.67. The van der Waals surface area contributed by atoms with Crippen LogP contribution in [0.5, 0.6) is 0 Å². The van der Waals surface area contributed by atoms with Gasteiger partial charge in [0, 0.05) is 18.2 Å². The van der Waals surface area contributed by atoms with Crippen molar-refractivity contribution in [1.29, 1.82) is 0 Å². The van der Waals surface area contributed by atoms with Crippen LogP contribution in [0.15, 0.2) is 18.2 Å². The third-order valence-electron chi connectivity index (χ3n) is 5.09. The summed E-state index contributed by atoms with van der Waals surface area (Å²) in [5, 5.41) is 2.98. The van der Waals surface area contributed by atoms with E-state index in [1.54, 1.807) is 11.9 Å². The van der Waals surface area contributed by atoms with Gasteiger partial charge in [-0.05, 0) is 46.2 Å². The van der Waals surface area contributed by atoms with Crippen molar-refractivity contribution in [2.45, 2.75) is 40.2 Å². The molecule has 1 heterocycles. The van der Waals surface area contributed by atoms with Crippen LogP contribution in [0.4, 0.5) is 0 Å². The minimum Gasteiger partial charge on any atom is -0.347 e. The van der Waals surface area contributed by atoms with Crippen molar-refractivity contribution >= 4 is 17.7 Å². The van der Waals surface area contributed by atoms with Crippen LogP contribution in [0.25, 0.3) is 0 Å². The smallest absolute Gasteiger partial charge is 0.275 e. The molecule has 1 fully saturated rings. The summed E-state index contributed by atoms with van der Waals surface area (Å²) in [6.07, 6.45) is 0. The summed E-state index contributed by atoms with van der Waals surface area (Å²) >= 11 is 0. The van der Waals surface area contributed by atoms with Crippen LogP contribution >= 0.6 is 0 Å². The van der Waals surface area contributed by atoms with E-state index in [0.29, 0.717) is 25.2 Å². The fourth-order valence-electron chi connectivity index (χ4n) is 3.49.